The number of methoxy groups -OCH3 is 1. The number of carbonyl (C=O) groups is 1. The minimum atomic E-state index is -0.771. The molecule has 2 atom stereocenters. The van der Waals surface area contributed by atoms with Crippen molar-refractivity contribution in [1.29, 1.82) is 0 Å². The Labute approximate surface area is 147 Å². The third-order valence-electron chi connectivity index (χ3n) is 5.16. The van der Waals surface area contributed by atoms with Gasteiger partial charge in [0.1, 0.15) is 5.82 Å². The molecule has 0 spiro atoms. The van der Waals surface area contributed by atoms with Crippen molar-refractivity contribution < 1.29 is 14.6 Å². The number of amides is 1. The Morgan fingerprint density at radius 3 is 2.96 bits per heavy atom. The van der Waals surface area contributed by atoms with Crippen molar-refractivity contribution in [3.05, 3.63) is 42.2 Å². The lowest BCUT2D eigenvalue weighted by atomic mass is 9.79. The average molecular weight is 343 g/mol. The summed E-state index contributed by atoms with van der Waals surface area (Å²) >= 11 is 0. The van der Waals surface area contributed by atoms with Gasteiger partial charge in [-0.3, -0.25) is 4.79 Å². The highest BCUT2D eigenvalue weighted by atomic mass is 16.5. The maximum Gasteiger partial charge on any atom is 0.254 e. The molecule has 1 aliphatic rings. The Morgan fingerprint density at radius 2 is 2.28 bits per heavy atom. The maximum absolute atomic E-state index is 13.1. The van der Waals surface area contributed by atoms with Crippen molar-refractivity contribution in [1.82, 2.24) is 14.9 Å². The molecule has 25 heavy (non-hydrogen) atoms. The zero-order valence-corrected chi connectivity index (χ0v) is 14.7. The number of nitrogens with zero attached hydrogens (tertiary/aromatic N) is 2. The van der Waals surface area contributed by atoms with E-state index in [0.29, 0.717) is 43.9 Å². The van der Waals surface area contributed by atoms with Crippen LogP contribution in [0.25, 0.3) is 11.4 Å². The fourth-order valence-electron chi connectivity index (χ4n) is 3.46. The van der Waals surface area contributed by atoms with Crippen LogP contribution < -0.4 is 0 Å². The van der Waals surface area contributed by atoms with Crippen molar-refractivity contribution in [2.75, 3.05) is 26.8 Å². The molecule has 0 radical (unpaired) electrons. The Bertz CT molecular complexity index is 716. The van der Waals surface area contributed by atoms with E-state index >= 15 is 0 Å². The van der Waals surface area contributed by atoms with E-state index < -0.39 is 5.60 Å². The molecule has 1 aromatic heterocycles. The molecule has 0 saturated carbocycles. The molecule has 0 bridgehead atoms. The van der Waals surface area contributed by atoms with Gasteiger partial charge < -0.3 is 19.7 Å². The van der Waals surface area contributed by atoms with Gasteiger partial charge in [-0.25, -0.2) is 4.98 Å². The van der Waals surface area contributed by atoms with Crippen LogP contribution in [0.3, 0.4) is 0 Å². The third-order valence-corrected chi connectivity index (χ3v) is 5.16. The molecule has 1 aliphatic heterocycles. The van der Waals surface area contributed by atoms with Crippen molar-refractivity contribution >= 4 is 5.91 Å². The van der Waals surface area contributed by atoms with Crippen LogP contribution in [-0.4, -0.2) is 58.3 Å². The number of nitrogens with one attached hydrogen (secondary N) is 1. The van der Waals surface area contributed by atoms with Gasteiger partial charge in [-0.05, 0) is 18.9 Å². The van der Waals surface area contributed by atoms with E-state index in [1.807, 2.05) is 36.1 Å². The number of H-pyrrole nitrogens is 1. The largest absolute Gasteiger partial charge is 0.389 e. The summed E-state index contributed by atoms with van der Waals surface area (Å²) in [6, 6.07) is 7.49. The van der Waals surface area contributed by atoms with E-state index in [1.165, 1.54) is 0 Å². The number of benzene rings is 1. The van der Waals surface area contributed by atoms with E-state index in [0.717, 1.165) is 5.56 Å². The van der Waals surface area contributed by atoms with E-state index in [1.54, 1.807) is 19.5 Å². The van der Waals surface area contributed by atoms with Crippen molar-refractivity contribution in [2.45, 2.75) is 25.4 Å². The normalized spacial score (nSPS) is 23.6. The van der Waals surface area contributed by atoms with Crippen LogP contribution in [0.1, 0.15) is 30.1 Å². The van der Waals surface area contributed by atoms with Crippen molar-refractivity contribution in [2.24, 2.45) is 5.92 Å². The molecular weight excluding hydrogens is 318 g/mol. The van der Waals surface area contributed by atoms with Gasteiger partial charge in [0, 0.05) is 50.7 Å². The highest BCUT2D eigenvalue weighted by molar-refractivity contribution is 6.00. The standard InChI is InChI=1S/C19H25N3O3/c1-14-13-22(11-7-19(14,24)8-12-25-2)18(23)16-6-4-3-5-15(16)17-20-9-10-21-17/h3-6,9-10,14,24H,7-8,11-13H2,1-2H3,(H,20,21)/t14-,19-/m1/s1. The van der Waals surface area contributed by atoms with Gasteiger partial charge in [-0.2, -0.15) is 0 Å². The fourth-order valence-corrected chi connectivity index (χ4v) is 3.46. The number of aliphatic hydroxyl groups is 1. The summed E-state index contributed by atoms with van der Waals surface area (Å²) in [5, 5.41) is 10.8. The summed E-state index contributed by atoms with van der Waals surface area (Å²) in [4.78, 5) is 22.2. The van der Waals surface area contributed by atoms with Gasteiger partial charge in [0.2, 0.25) is 0 Å². The molecule has 3 rings (SSSR count). The van der Waals surface area contributed by atoms with E-state index in [-0.39, 0.29) is 11.8 Å². The first-order valence-corrected chi connectivity index (χ1v) is 8.64. The van der Waals surface area contributed by atoms with Crippen LogP contribution in [0.2, 0.25) is 0 Å². The van der Waals surface area contributed by atoms with Crippen LogP contribution >= 0.6 is 0 Å². The van der Waals surface area contributed by atoms with Gasteiger partial charge in [-0.1, -0.05) is 25.1 Å². The number of imidazole rings is 1. The highest BCUT2D eigenvalue weighted by Crippen LogP contribution is 2.32. The summed E-state index contributed by atoms with van der Waals surface area (Å²) < 4.78 is 5.11. The molecule has 134 valence electrons. The zero-order chi connectivity index (χ0) is 17.9. The number of piperidine rings is 1. The number of likely N-dealkylation sites (tertiary alicyclic amines) is 1. The van der Waals surface area contributed by atoms with Gasteiger partial charge in [-0.15, -0.1) is 0 Å². The monoisotopic (exact) mass is 343 g/mol. The van der Waals surface area contributed by atoms with E-state index in [4.69, 9.17) is 4.74 Å². The Morgan fingerprint density at radius 1 is 1.48 bits per heavy atom. The minimum absolute atomic E-state index is 0.00359. The first-order valence-electron chi connectivity index (χ1n) is 8.64. The van der Waals surface area contributed by atoms with Gasteiger partial charge >= 0.3 is 0 Å². The second-order valence-electron chi connectivity index (χ2n) is 6.73. The Kier molecular flexibility index (Phi) is 5.20. The number of ether oxygens (including phenoxy) is 1. The van der Waals surface area contributed by atoms with Crippen LogP contribution in [0.5, 0.6) is 0 Å². The predicted octanol–water partition coefficient (Wildman–Crippen LogP) is 2.33. The first-order chi connectivity index (χ1) is 12.0. The van der Waals surface area contributed by atoms with Gasteiger partial charge in [0.05, 0.1) is 11.2 Å². The van der Waals surface area contributed by atoms with Crippen LogP contribution in [0.4, 0.5) is 0 Å². The third kappa shape index (κ3) is 3.60. The zero-order valence-electron chi connectivity index (χ0n) is 14.7. The Hall–Kier alpha value is -2.18. The van der Waals surface area contributed by atoms with Crippen molar-refractivity contribution in [3.8, 4) is 11.4 Å². The predicted molar refractivity (Wildman–Crippen MR) is 95.2 cm³/mol. The second-order valence-corrected chi connectivity index (χ2v) is 6.73. The van der Waals surface area contributed by atoms with Crippen LogP contribution in [-0.2, 0) is 4.74 Å². The fraction of sp³-hybridized carbons (Fsp3) is 0.474. The van der Waals surface area contributed by atoms with Crippen LogP contribution in [0, 0.1) is 5.92 Å². The number of hydrogen-bond acceptors (Lipinski definition) is 4. The lowest BCUT2D eigenvalue weighted by molar-refractivity contribution is -0.0750. The molecule has 0 aliphatic carbocycles. The number of aromatic nitrogens is 2. The summed E-state index contributed by atoms with van der Waals surface area (Å²) in [6.07, 6.45) is 4.58. The molecule has 6 heteroatoms. The summed E-state index contributed by atoms with van der Waals surface area (Å²) in [5.74, 6) is 0.661. The molecule has 1 fully saturated rings. The molecule has 6 nitrogen and oxygen atoms in total. The summed E-state index contributed by atoms with van der Waals surface area (Å²) in [5.41, 5.74) is 0.658. The molecule has 1 aromatic carbocycles. The number of hydrogen-bond donors (Lipinski definition) is 2. The lowest BCUT2D eigenvalue weighted by Gasteiger charge is -2.43. The Balaban J connectivity index is 1.78. The van der Waals surface area contributed by atoms with E-state index in [9.17, 15) is 9.90 Å². The first kappa shape index (κ1) is 17.6. The highest BCUT2D eigenvalue weighted by Gasteiger charge is 2.40. The SMILES string of the molecule is COCC[C@]1(O)CCN(C(=O)c2ccccc2-c2ncc[nH]2)C[C@H]1C. The topological polar surface area (TPSA) is 78.5 Å². The lowest BCUT2D eigenvalue weighted by Crippen LogP contribution is -2.52. The quantitative estimate of drug-likeness (QED) is 0.873. The molecule has 0 unspecified atom stereocenters. The second kappa shape index (κ2) is 7.37. The summed E-state index contributed by atoms with van der Waals surface area (Å²) in [7, 11) is 1.64. The van der Waals surface area contributed by atoms with Gasteiger partial charge in [0.15, 0.2) is 0 Å². The average Bonchev–Trinajstić information content (AvgIpc) is 3.16. The smallest absolute Gasteiger partial charge is 0.254 e. The minimum Gasteiger partial charge on any atom is -0.389 e. The molecule has 2 aromatic rings. The molecular formula is C19H25N3O3. The van der Waals surface area contributed by atoms with Crippen molar-refractivity contribution in [3.63, 3.8) is 0 Å². The summed E-state index contributed by atoms with van der Waals surface area (Å²) in [6.45, 7) is 3.59. The molecule has 1 saturated heterocycles. The molecule has 2 heterocycles. The van der Waals surface area contributed by atoms with E-state index in [2.05, 4.69) is 9.97 Å². The number of rotatable bonds is 5. The maximum atomic E-state index is 13.1. The molecule has 1 amide bonds. The number of carbonyl (C=O) groups excluding carboxylic acids is 1. The van der Waals surface area contributed by atoms with Gasteiger partial charge in [0.25, 0.3) is 5.91 Å². The van der Waals surface area contributed by atoms with Crippen LogP contribution in [0.15, 0.2) is 36.7 Å². The molecule has 2 N–H and O–H groups in total. The number of aromatic amines is 1.